The van der Waals surface area contributed by atoms with E-state index >= 15 is 0 Å². The van der Waals surface area contributed by atoms with Crippen LogP contribution in [-0.2, 0) is 12.8 Å². The van der Waals surface area contributed by atoms with Crippen molar-refractivity contribution in [2.75, 3.05) is 0 Å². The first-order valence-corrected chi connectivity index (χ1v) is 5.31. The van der Waals surface area contributed by atoms with Gasteiger partial charge in [-0.3, -0.25) is 0 Å². The van der Waals surface area contributed by atoms with E-state index in [1.807, 2.05) is 12.1 Å². The van der Waals surface area contributed by atoms with E-state index in [1.54, 1.807) is 17.8 Å². The smallest absolute Gasteiger partial charge is 0.119 e. The number of hydrogen-bond acceptors (Lipinski definition) is 2. The van der Waals surface area contributed by atoms with Gasteiger partial charge in [0.25, 0.3) is 0 Å². The first-order chi connectivity index (χ1) is 6.66. The standard InChI is InChI=1S/C12H12OS/c1-8-6-10-4-3-5-12(13)11(10)7-9(2)14-8/h3-5,13H,1-2,6-7H2. The van der Waals surface area contributed by atoms with E-state index in [9.17, 15) is 5.11 Å². The van der Waals surface area contributed by atoms with Gasteiger partial charge in [0, 0.05) is 18.4 Å². The lowest BCUT2D eigenvalue weighted by Crippen LogP contribution is -1.91. The minimum atomic E-state index is 0.374. The molecule has 0 aromatic heterocycles. The van der Waals surface area contributed by atoms with Crippen molar-refractivity contribution in [3.63, 3.8) is 0 Å². The Balaban J connectivity index is 2.51. The third-order valence-electron chi connectivity index (χ3n) is 2.30. The van der Waals surface area contributed by atoms with Crippen LogP contribution in [0.5, 0.6) is 5.75 Å². The molecule has 1 aromatic rings. The van der Waals surface area contributed by atoms with Gasteiger partial charge in [0.1, 0.15) is 5.75 Å². The van der Waals surface area contributed by atoms with Crippen LogP contribution in [0.3, 0.4) is 0 Å². The molecule has 0 saturated heterocycles. The summed E-state index contributed by atoms with van der Waals surface area (Å²) in [5.74, 6) is 0.374. The van der Waals surface area contributed by atoms with E-state index < -0.39 is 0 Å². The highest BCUT2D eigenvalue weighted by atomic mass is 32.2. The molecule has 0 amide bonds. The fraction of sp³-hybridized carbons (Fsp3) is 0.167. The Kier molecular flexibility index (Phi) is 2.38. The van der Waals surface area contributed by atoms with Crippen LogP contribution >= 0.6 is 11.8 Å². The lowest BCUT2D eigenvalue weighted by Gasteiger charge is -2.06. The molecule has 1 N–H and O–H groups in total. The third kappa shape index (κ3) is 1.70. The van der Waals surface area contributed by atoms with Crippen LogP contribution in [0, 0.1) is 0 Å². The zero-order chi connectivity index (χ0) is 10.1. The van der Waals surface area contributed by atoms with Crippen molar-refractivity contribution in [1.29, 1.82) is 0 Å². The van der Waals surface area contributed by atoms with Crippen LogP contribution in [0.4, 0.5) is 0 Å². The fourth-order valence-corrected chi connectivity index (χ4v) is 2.53. The molecule has 0 unspecified atom stereocenters. The van der Waals surface area contributed by atoms with Crippen LogP contribution in [0.25, 0.3) is 0 Å². The van der Waals surface area contributed by atoms with Gasteiger partial charge in [-0.15, -0.1) is 0 Å². The van der Waals surface area contributed by atoms with Crippen molar-refractivity contribution in [1.82, 2.24) is 0 Å². The molecule has 0 aliphatic carbocycles. The minimum absolute atomic E-state index is 0.374. The molecule has 1 nitrogen and oxygen atoms in total. The van der Waals surface area contributed by atoms with Crippen LogP contribution in [0.1, 0.15) is 11.1 Å². The molecule has 0 saturated carbocycles. The van der Waals surface area contributed by atoms with Gasteiger partial charge < -0.3 is 5.11 Å². The summed E-state index contributed by atoms with van der Waals surface area (Å²) in [5, 5.41) is 9.71. The topological polar surface area (TPSA) is 20.2 Å². The number of aromatic hydroxyl groups is 1. The Morgan fingerprint density at radius 1 is 1.14 bits per heavy atom. The van der Waals surface area contributed by atoms with E-state index in [1.165, 1.54) is 5.56 Å². The molecule has 0 fully saturated rings. The van der Waals surface area contributed by atoms with Crippen molar-refractivity contribution in [2.24, 2.45) is 0 Å². The summed E-state index contributed by atoms with van der Waals surface area (Å²) in [6.45, 7) is 7.93. The highest BCUT2D eigenvalue weighted by Gasteiger charge is 2.15. The number of phenolic OH excluding ortho intramolecular Hbond substituents is 1. The second-order valence-corrected chi connectivity index (χ2v) is 4.81. The predicted molar refractivity (Wildman–Crippen MR) is 61.4 cm³/mol. The van der Waals surface area contributed by atoms with Crippen molar-refractivity contribution < 1.29 is 5.11 Å². The molecule has 1 aromatic carbocycles. The number of hydrogen-bond donors (Lipinski definition) is 1. The number of phenols is 1. The summed E-state index contributed by atoms with van der Waals surface area (Å²) in [6.07, 6.45) is 1.57. The van der Waals surface area contributed by atoms with E-state index in [-0.39, 0.29) is 0 Å². The second kappa shape index (κ2) is 3.54. The van der Waals surface area contributed by atoms with Gasteiger partial charge in [-0.05, 0) is 21.4 Å². The zero-order valence-corrected chi connectivity index (χ0v) is 8.73. The maximum atomic E-state index is 9.71. The van der Waals surface area contributed by atoms with Gasteiger partial charge >= 0.3 is 0 Å². The maximum Gasteiger partial charge on any atom is 0.119 e. The second-order valence-electron chi connectivity index (χ2n) is 3.45. The summed E-state index contributed by atoms with van der Waals surface area (Å²) < 4.78 is 0. The van der Waals surface area contributed by atoms with Crippen molar-refractivity contribution >= 4 is 11.8 Å². The quantitative estimate of drug-likeness (QED) is 0.700. The number of thioether (sulfide) groups is 1. The number of rotatable bonds is 0. The van der Waals surface area contributed by atoms with E-state index in [2.05, 4.69) is 13.2 Å². The Hall–Kier alpha value is -1.15. The zero-order valence-electron chi connectivity index (χ0n) is 7.92. The first kappa shape index (κ1) is 9.41. The van der Waals surface area contributed by atoms with Crippen LogP contribution in [-0.4, -0.2) is 5.11 Å². The highest BCUT2D eigenvalue weighted by molar-refractivity contribution is 8.06. The molecule has 1 aliphatic heterocycles. The summed E-state index contributed by atoms with van der Waals surface area (Å²) in [6, 6.07) is 5.64. The molecule has 14 heavy (non-hydrogen) atoms. The molecule has 1 aliphatic rings. The van der Waals surface area contributed by atoms with Gasteiger partial charge in [-0.2, -0.15) is 0 Å². The Morgan fingerprint density at radius 3 is 2.64 bits per heavy atom. The molecule has 0 radical (unpaired) electrons. The largest absolute Gasteiger partial charge is 0.508 e. The highest BCUT2D eigenvalue weighted by Crippen LogP contribution is 2.36. The minimum Gasteiger partial charge on any atom is -0.508 e. The molecule has 2 rings (SSSR count). The number of benzene rings is 1. The summed E-state index contributed by atoms with van der Waals surface area (Å²) in [4.78, 5) is 2.15. The molecule has 72 valence electrons. The van der Waals surface area contributed by atoms with Gasteiger partial charge in [0.05, 0.1) is 0 Å². The van der Waals surface area contributed by atoms with Gasteiger partial charge in [0.2, 0.25) is 0 Å². The summed E-state index contributed by atoms with van der Waals surface area (Å²) >= 11 is 1.63. The predicted octanol–water partition coefficient (Wildman–Crippen LogP) is 3.25. The lowest BCUT2D eigenvalue weighted by atomic mass is 10.0. The van der Waals surface area contributed by atoms with Crippen LogP contribution in [0.15, 0.2) is 41.2 Å². The molecular formula is C12H12OS. The summed E-state index contributed by atoms with van der Waals surface area (Å²) in [7, 11) is 0. The molecule has 0 bridgehead atoms. The van der Waals surface area contributed by atoms with Crippen LogP contribution < -0.4 is 0 Å². The lowest BCUT2D eigenvalue weighted by molar-refractivity contribution is 0.469. The SMILES string of the molecule is C=C1Cc2cccc(O)c2CC(=C)S1. The van der Waals surface area contributed by atoms with Crippen molar-refractivity contribution in [3.05, 3.63) is 52.3 Å². The number of allylic oxidation sites excluding steroid dienone is 2. The van der Waals surface area contributed by atoms with Crippen molar-refractivity contribution in [2.45, 2.75) is 12.8 Å². The van der Waals surface area contributed by atoms with E-state index in [0.29, 0.717) is 5.75 Å². The van der Waals surface area contributed by atoms with Gasteiger partial charge in [-0.25, -0.2) is 0 Å². The Labute approximate surface area is 88.2 Å². The molecule has 0 spiro atoms. The first-order valence-electron chi connectivity index (χ1n) is 4.50. The third-order valence-corrected chi connectivity index (χ3v) is 3.16. The Morgan fingerprint density at radius 2 is 1.86 bits per heavy atom. The number of fused-ring (bicyclic) bond motifs is 1. The molecule has 1 heterocycles. The van der Waals surface area contributed by atoms with Crippen LogP contribution in [0.2, 0.25) is 0 Å². The van der Waals surface area contributed by atoms with E-state index in [4.69, 9.17) is 0 Å². The maximum absolute atomic E-state index is 9.71. The fourth-order valence-electron chi connectivity index (χ4n) is 1.68. The average Bonchev–Trinajstić information content (AvgIpc) is 2.23. The molecular weight excluding hydrogens is 192 g/mol. The van der Waals surface area contributed by atoms with E-state index in [0.717, 1.165) is 28.2 Å². The van der Waals surface area contributed by atoms with Gasteiger partial charge in [0.15, 0.2) is 0 Å². The molecule has 0 atom stereocenters. The summed E-state index contributed by atoms with van der Waals surface area (Å²) in [5.41, 5.74) is 2.17. The van der Waals surface area contributed by atoms with Crippen molar-refractivity contribution in [3.8, 4) is 5.75 Å². The van der Waals surface area contributed by atoms with Gasteiger partial charge in [-0.1, -0.05) is 37.1 Å². The molecule has 2 heteroatoms. The normalized spacial score (nSPS) is 16.3. The monoisotopic (exact) mass is 204 g/mol. The Bertz CT molecular complexity index is 407. The average molecular weight is 204 g/mol.